The molecule has 1 amide bonds. The molecule has 0 bridgehead atoms. The van der Waals surface area contributed by atoms with E-state index in [-0.39, 0.29) is 23.6 Å². The number of ether oxygens (including phenoxy) is 1. The molecule has 1 N–H and O–H groups in total. The molecule has 0 aliphatic rings. The largest absolute Gasteiger partial charge is 0.478 e. The molecule has 6 heteroatoms. The van der Waals surface area contributed by atoms with Crippen molar-refractivity contribution in [1.82, 2.24) is 5.32 Å². The molecule has 0 aliphatic heterocycles. The molecule has 0 saturated carbocycles. The summed E-state index contributed by atoms with van der Waals surface area (Å²) in [6.45, 7) is 5.76. The van der Waals surface area contributed by atoms with Crippen molar-refractivity contribution in [2.45, 2.75) is 38.2 Å². The van der Waals surface area contributed by atoms with E-state index in [9.17, 15) is 9.18 Å². The average molecular weight is 474 g/mol. The molecular weight excluding hydrogens is 448 g/mol. The molecule has 0 spiro atoms. The van der Waals surface area contributed by atoms with Crippen LogP contribution in [0.2, 0.25) is 10.0 Å². The minimum Gasteiger partial charge on any atom is -0.478 e. The second-order valence-corrected chi connectivity index (χ2v) is 9.15. The maximum atomic E-state index is 14.0. The Hall–Kier alpha value is -2.56. The van der Waals surface area contributed by atoms with E-state index in [1.54, 1.807) is 44.2 Å². The van der Waals surface area contributed by atoms with Gasteiger partial charge in [0, 0.05) is 22.5 Å². The molecule has 3 rings (SSSR count). The van der Waals surface area contributed by atoms with Crippen LogP contribution in [0.5, 0.6) is 5.75 Å². The first-order chi connectivity index (χ1) is 15.2. The van der Waals surface area contributed by atoms with Gasteiger partial charge in [0.15, 0.2) is 5.60 Å². The lowest BCUT2D eigenvalue weighted by Gasteiger charge is -2.29. The molecule has 0 saturated heterocycles. The molecule has 32 heavy (non-hydrogen) atoms. The Balaban J connectivity index is 1.78. The van der Waals surface area contributed by atoms with Crippen LogP contribution in [0, 0.1) is 5.82 Å². The molecule has 0 aliphatic carbocycles. The summed E-state index contributed by atoms with van der Waals surface area (Å²) in [7, 11) is 0. The van der Waals surface area contributed by atoms with Gasteiger partial charge >= 0.3 is 0 Å². The Bertz CT molecular complexity index is 1070. The van der Waals surface area contributed by atoms with Gasteiger partial charge in [0.1, 0.15) is 11.6 Å². The predicted molar refractivity (Wildman–Crippen MR) is 128 cm³/mol. The molecule has 3 aromatic rings. The number of amides is 1. The van der Waals surface area contributed by atoms with E-state index in [4.69, 9.17) is 27.9 Å². The molecule has 3 aromatic carbocycles. The monoisotopic (exact) mass is 473 g/mol. The first-order valence-corrected chi connectivity index (χ1v) is 11.1. The standard InChI is InChI=1S/C26H26Cl2FNO2/c1-17(18-10-12-20(27)13-11-18)24(19-6-4-8-22(29)14-19)16-30-25(31)26(2,3)32-23-9-5-7-21(28)15-23/h4-15,17,24H,16H2,1-3H3,(H,30,31). The fraction of sp³-hybridized carbons (Fsp3) is 0.269. The number of hydrogen-bond donors (Lipinski definition) is 1. The van der Waals surface area contributed by atoms with Crippen molar-refractivity contribution in [2.75, 3.05) is 6.54 Å². The normalized spacial score (nSPS) is 13.3. The number of benzene rings is 3. The zero-order valence-electron chi connectivity index (χ0n) is 18.2. The van der Waals surface area contributed by atoms with Crippen molar-refractivity contribution in [3.63, 3.8) is 0 Å². The van der Waals surface area contributed by atoms with Gasteiger partial charge in [-0.3, -0.25) is 4.79 Å². The van der Waals surface area contributed by atoms with Crippen LogP contribution < -0.4 is 10.1 Å². The lowest BCUT2D eigenvalue weighted by molar-refractivity contribution is -0.134. The van der Waals surface area contributed by atoms with E-state index in [0.29, 0.717) is 22.3 Å². The summed E-state index contributed by atoms with van der Waals surface area (Å²) < 4.78 is 19.9. The molecule has 0 fully saturated rings. The highest BCUT2D eigenvalue weighted by atomic mass is 35.5. The summed E-state index contributed by atoms with van der Waals surface area (Å²) in [5.41, 5.74) is 0.731. The topological polar surface area (TPSA) is 38.3 Å². The van der Waals surface area contributed by atoms with Crippen molar-refractivity contribution < 1.29 is 13.9 Å². The van der Waals surface area contributed by atoms with E-state index >= 15 is 0 Å². The summed E-state index contributed by atoms with van der Waals surface area (Å²) >= 11 is 12.1. The van der Waals surface area contributed by atoms with Gasteiger partial charge in [0.25, 0.3) is 5.91 Å². The molecule has 2 atom stereocenters. The van der Waals surface area contributed by atoms with Gasteiger partial charge in [-0.15, -0.1) is 0 Å². The quantitative estimate of drug-likeness (QED) is 0.382. The maximum Gasteiger partial charge on any atom is 0.263 e. The van der Waals surface area contributed by atoms with E-state index in [1.807, 2.05) is 30.3 Å². The fourth-order valence-electron chi connectivity index (χ4n) is 3.61. The van der Waals surface area contributed by atoms with E-state index in [1.165, 1.54) is 12.1 Å². The van der Waals surface area contributed by atoms with Crippen LogP contribution >= 0.6 is 23.2 Å². The van der Waals surface area contributed by atoms with Gasteiger partial charge in [0.05, 0.1) is 0 Å². The molecule has 3 nitrogen and oxygen atoms in total. The SMILES string of the molecule is CC(c1ccc(Cl)cc1)C(CNC(=O)C(C)(C)Oc1cccc(Cl)c1)c1cccc(F)c1. The minimum absolute atomic E-state index is 0.00586. The van der Waals surface area contributed by atoms with Gasteiger partial charge in [-0.25, -0.2) is 4.39 Å². The van der Waals surface area contributed by atoms with Crippen LogP contribution in [0.4, 0.5) is 4.39 Å². The number of rotatable bonds is 8. The van der Waals surface area contributed by atoms with E-state index in [2.05, 4.69) is 12.2 Å². The van der Waals surface area contributed by atoms with Crippen LogP contribution in [0.25, 0.3) is 0 Å². The number of carbonyl (C=O) groups is 1. The van der Waals surface area contributed by atoms with Gasteiger partial charge in [-0.2, -0.15) is 0 Å². The number of carbonyl (C=O) groups excluding carboxylic acids is 1. The van der Waals surface area contributed by atoms with Crippen molar-refractivity contribution in [2.24, 2.45) is 0 Å². The van der Waals surface area contributed by atoms with Crippen molar-refractivity contribution in [1.29, 1.82) is 0 Å². The highest BCUT2D eigenvalue weighted by Crippen LogP contribution is 2.33. The summed E-state index contributed by atoms with van der Waals surface area (Å²) in [4.78, 5) is 13.0. The third-order valence-electron chi connectivity index (χ3n) is 5.47. The first-order valence-electron chi connectivity index (χ1n) is 10.4. The third kappa shape index (κ3) is 6.24. The van der Waals surface area contributed by atoms with Crippen LogP contribution in [-0.2, 0) is 4.79 Å². The van der Waals surface area contributed by atoms with Gasteiger partial charge in [0.2, 0.25) is 0 Å². The van der Waals surface area contributed by atoms with Gasteiger partial charge in [-0.05, 0) is 73.4 Å². The van der Waals surface area contributed by atoms with Gasteiger partial charge in [-0.1, -0.05) is 60.5 Å². The Morgan fingerprint density at radius 1 is 0.969 bits per heavy atom. The fourth-order valence-corrected chi connectivity index (χ4v) is 3.91. The van der Waals surface area contributed by atoms with Crippen LogP contribution in [-0.4, -0.2) is 18.1 Å². The molecule has 0 radical (unpaired) electrons. The highest BCUT2D eigenvalue weighted by molar-refractivity contribution is 6.30. The Kier molecular flexibility index (Phi) is 7.81. The summed E-state index contributed by atoms with van der Waals surface area (Å²) in [6, 6.07) is 21.0. The Morgan fingerprint density at radius 2 is 1.66 bits per heavy atom. The predicted octanol–water partition coefficient (Wildman–Crippen LogP) is 6.99. The Morgan fingerprint density at radius 3 is 2.31 bits per heavy atom. The molecule has 0 heterocycles. The highest BCUT2D eigenvalue weighted by Gasteiger charge is 2.31. The third-order valence-corrected chi connectivity index (χ3v) is 5.96. The zero-order valence-corrected chi connectivity index (χ0v) is 19.8. The van der Waals surface area contributed by atoms with Crippen molar-refractivity contribution in [3.05, 3.63) is 99.8 Å². The van der Waals surface area contributed by atoms with Crippen LogP contribution in [0.15, 0.2) is 72.8 Å². The molecule has 2 unspecified atom stereocenters. The zero-order chi connectivity index (χ0) is 23.3. The van der Waals surface area contributed by atoms with E-state index in [0.717, 1.165) is 11.1 Å². The maximum absolute atomic E-state index is 14.0. The lowest BCUT2D eigenvalue weighted by atomic mass is 9.82. The minimum atomic E-state index is -1.12. The molecule has 168 valence electrons. The number of nitrogens with one attached hydrogen (secondary N) is 1. The van der Waals surface area contributed by atoms with Crippen LogP contribution in [0.1, 0.15) is 43.7 Å². The molecule has 0 aromatic heterocycles. The molecular formula is C26H26Cl2FNO2. The summed E-state index contributed by atoms with van der Waals surface area (Å²) in [5.74, 6) is -0.230. The van der Waals surface area contributed by atoms with Crippen molar-refractivity contribution in [3.8, 4) is 5.75 Å². The number of halogens is 3. The summed E-state index contributed by atoms with van der Waals surface area (Å²) in [6.07, 6.45) is 0. The number of hydrogen-bond acceptors (Lipinski definition) is 2. The average Bonchev–Trinajstić information content (AvgIpc) is 2.74. The lowest BCUT2D eigenvalue weighted by Crippen LogP contribution is -2.47. The van der Waals surface area contributed by atoms with Gasteiger partial charge < -0.3 is 10.1 Å². The Labute approximate surface area is 198 Å². The second kappa shape index (κ2) is 10.4. The smallest absolute Gasteiger partial charge is 0.263 e. The van der Waals surface area contributed by atoms with Crippen molar-refractivity contribution >= 4 is 29.1 Å². The first kappa shape index (κ1) is 24.1. The van der Waals surface area contributed by atoms with E-state index < -0.39 is 5.60 Å². The summed E-state index contributed by atoms with van der Waals surface area (Å²) in [5, 5.41) is 4.17. The van der Waals surface area contributed by atoms with Crippen LogP contribution in [0.3, 0.4) is 0 Å². The second-order valence-electron chi connectivity index (χ2n) is 8.28.